The molecule has 1 amide bonds. The summed E-state index contributed by atoms with van der Waals surface area (Å²) in [6.45, 7) is 0.220. The Hall–Kier alpha value is -2.44. The number of carbonyl (C=O) groups excluding carboxylic acids is 1. The van der Waals surface area contributed by atoms with Gasteiger partial charge in [-0.3, -0.25) is 4.79 Å². The molecule has 1 aliphatic heterocycles. The molecule has 3 rings (SSSR count). The quantitative estimate of drug-likeness (QED) is 0.735. The molecule has 8 heteroatoms. The Bertz CT molecular complexity index is 855. The Morgan fingerprint density at radius 2 is 2.12 bits per heavy atom. The van der Waals surface area contributed by atoms with E-state index >= 15 is 0 Å². The zero-order valence-electron chi connectivity index (χ0n) is 13.5. The molecule has 0 bridgehead atoms. The average molecular weight is 396 g/mol. The van der Waals surface area contributed by atoms with Gasteiger partial charge in [-0.2, -0.15) is 0 Å². The molecule has 0 saturated heterocycles. The Balaban J connectivity index is 1.84. The summed E-state index contributed by atoms with van der Waals surface area (Å²) < 4.78 is 11.6. The van der Waals surface area contributed by atoms with Gasteiger partial charge in [-0.1, -0.05) is 35.3 Å². The van der Waals surface area contributed by atoms with Crippen LogP contribution in [-0.4, -0.2) is 30.1 Å². The fourth-order valence-electron chi connectivity index (χ4n) is 2.70. The second-order valence-electron chi connectivity index (χ2n) is 5.61. The van der Waals surface area contributed by atoms with Crippen molar-refractivity contribution in [2.75, 3.05) is 13.2 Å². The van der Waals surface area contributed by atoms with Crippen molar-refractivity contribution in [2.24, 2.45) is 0 Å². The lowest BCUT2D eigenvalue weighted by Crippen LogP contribution is -2.26. The highest BCUT2D eigenvalue weighted by atomic mass is 35.5. The number of rotatable bonds is 5. The molecular formula is C18H15Cl2NO5. The molecule has 2 aromatic rings. The van der Waals surface area contributed by atoms with Gasteiger partial charge in [0.1, 0.15) is 24.2 Å². The molecule has 6 nitrogen and oxygen atoms in total. The molecule has 1 aliphatic rings. The van der Waals surface area contributed by atoms with Crippen molar-refractivity contribution < 1.29 is 24.2 Å². The summed E-state index contributed by atoms with van der Waals surface area (Å²) in [5, 5.41) is 11.6. The van der Waals surface area contributed by atoms with Gasteiger partial charge in [-0.25, -0.2) is 4.79 Å². The first-order chi connectivity index (χ1) is 12.5. The van der Waals surface area contributed by atoms with Crippen LogP contribution in [0.2, 0.25) is 10.0 Å². The van der Waals surface area contributed by atoms with Crippen LogP contribution in [0.4, 0.5) is 4.79 Å². The van der Waals surface area contributed by atoms with Crippen molar-refractivity contribution in [2.45, 2.75) is 12.5 Å². The summed E-state index contributed by atoms with van der Waals surface area (Å²) in [7, 11) is 0. The molecule has 2 aromatic carbocycles. The first-order valence-corrected chi connectivity index (χ1v) is 8.58. The maximum absolute atomic E-state index is 12.5. The van der Waals surface area contributed by atoms with Gasteiger partial charge in [0.05, 0.1) is 23.6 Å². The SMILES string of the molecule is O=C(O)NCCOc1cc(Cl)ccc1C1CC(=O)c2cccc(Cl)c2O1. The molecule has 0 radical (unpaired) electrons. The maximum atomic E-state index is 12.5. The predicted octanol–water partition coefficient (Wildman–Crippen LogP) is 4.35. The van der Waals surface area contributed by atoms with Crippen LogP contribution in [0.5, 0.6) is 11.5 Å². The maximum Gasteiger partial charge on any atom is 0.404 e. The van der Waals surface area contributed by atoms with E-state index in [4.69, 9.17) is 37.8 Å². The van der Waals surface area contributed by atoms with Gasteiger partial charge >= 0.3 is 6.09 Å². The molecule has 0 aromatic heterocycles. The van der Waals surface area contributed by atoms with Gasteiger partial charge in [-0.15, -0.1) is 0 Å². The molecule has 1 atom stereocenters. The van der Waals surface area contributed by atoms with Crippen LogP contribution in [0.15, 0.2) is 36.4 Å². The van der Waals surface area contributed by atoms with Crippen LogP contribution in [0.1, 0.15) is 28.4 Å². The van der Waals surface area contributed by atoms with Gasteiger partial charge in [0, 0.05) is 10.6 Å². The summed E-state index contributed by atoms with van der Waals surface area (Å²) in [6.07, 6.45) is -1.57. The normalized spacial score (nSPS) is 15.8. The van der Waals surface area contributed by atoms with E-state index in [1.807, 2.05) is 0 Å². The number of Topliss-reactive ketones (excluding diaryl/α,β-unsaturated/α-hetero) is 1. The number of carboxylic acid groups (broad SMARTS) is 1. The summed E-state index contributed by atoms with van der Waals surface area (Å²) in [5.74, 6) is 0.703. The minimum atomic E-state index is -1.13. The fraction of sp³-hybridized carbons (Fsp3) is 0.222. The summed E-state index contributed by atoms with van der Waals surface area (Å²) >= 11 is 12.2. The van der Waals surface area contributed by atoms with Gasteiger partial charge in [-0.05, 0) is 24.3 Å². The van der Waals surface area contributed by atoms with E-state index in [9.17, 15) is 9.59 Å². The van der Waals surface area contributed by atoms with E-state index < -0.39 is 12.2 Å². The van der Waals surface area contributed by atoms with E-state index in [0.29, 0.717) is 32.7 Å². The number of hydrogen-bond acceptors (Lipinski definition) is 4. The number of hydrogen-bond donors (Lipinski definition) is 2. The van der Waals surface area contributed by atoms with Crippen molar-refractivity contribution >= 4 is 35.1 Å². The van der Waals surface area contributed by atoms with E-state index in [-0.39, 0.29) is 25.4 Å². The van der Waals surface area contributed by atoms with Crippen molar-refractivity contribution in [1.29, 1.82) is 0 Å². The van der Waals surface area contributed by atoms with Gasteiger partial charge in [0.15, 0.2) is 5.78 Å². The Morgan fingerprint density at radius 1 is 1.31 bits per heavy atom. The largest absolute Gasteiger partial charge is 0.491 e. The molecule has 26 heavy (non-hydrogen) atoms. The van der Waals surface area contributed by atoms with E-state index in [1.54, 1.807) is 36.4 Å². The van der Waals surface area contributed by atoms with Crippen molar-refractivity contribution in [3.05, 3.63) is 57.6 Å². The van der Waals surface area contributed by atoms with E-state index in [0.717, 1.165) is 0 Å². The molecule has 0 saturated carbocycles. The number of amides is 1. The van der Waals surface area contributed by atoms with Crippen molar-refractivity contribution in [3.63, 3.8) is 0 Å². The smallest absolute Gasteiger partial charge is 0.404 e. The lowest BCUT2D eigenvalue weighted by molar-refractivity contribution is 0.0846. The number of benzene rings is 2. The molecule has 0 fully saturated rings. The number of para-hydroxylation sites is 1. The summed E-state index contributed by atoms with van der Waals surface area (Å²) in [4.78, 5) is 23.0. The number of nitrogens with one attached hydrogen (secondary N) is 1. The van der Waals surface area contributed by atoms with Crippen LogP contribution in [0.25, 0.3) is 0 Å². The van der Waals surface area contributed by atoms with Crippen LogP contribution in [0, 0.1) is 0 Å². The molecule has 1 unspecified atom stereocenters. The van der Waals surface area contributed by atoms with Crippen molar-refractivity contribution in [3.8, 4) is 11.5 Å². The predicted molar refractivity (Wildman–Crippen MR) is 96.7 cm³/mol. The highest BCUT2D eigenvalue weighted by Gasteiger charge is 2.31. The fourth-order valence-corrected chi connectivity index (χ4v) is 3.08. The second-order valence-corrected chi connectivity index (χ2v) is 6.46. The first kappa shape index (κ1) is 18.4. The van der Waals surface area contributed by atoms with Gasteiger partial charge in [0.2, 0.25) is 0 Å². The third kappa shape index (κ3) is 4.03. The van der Waals surface area contributed by atoms with E-state index in [2.05, 4.69) is 5.32 Å². The Labute approximate surface area is 159 Å². The number of ether oxygens (including phenoxy) is 2. The average Bonchev–Trinajstić information content (AvgIpc) is 2.59. The molecule has 136 valence electrons. The second kappa shape index (κ2) is 7.85. The number of fused-ring (bicyclic) bond motifs is 1. The molecular weight excluding hydrogens is 381 g/mol. The monoisotopic (exact) mass is 395 g/mol. The standard InChI is InChI=1S/C18H15Cl2NO5/c19-10-4-5-12(15(8-10)25-7-6-21-18(23)24)16-9-14(22)11-2-1-3-13(20)17(11)26-16/h1-5,8,16,21H,6-7,9H2,(H,23,24). The third-order valence-electron chi connectivity index (χ3n) is 3.86. The van der Waals surface area contributed by atoms with Gasteiger partial charge < -0.3 is 19.9 Å². The Kier molecular flexibility index (Phi) is 5.54. The third-order valence-corrected chi connectivity index (χ3v) is 4.39. The lowest BCUT2D eigenvalue weighted by Gasteiger charge is -2.27. The topological polar surface area (TPSA) is 84.9 Å². The summed E-state index contributed by atoms with van der Waals surface area (Å²) in [5.41, 5.74) is 1.10. The first-order valence-electron chi connectivity index (χ1n) is 7.83. The van der Waals surface area contributed by atoms with Crippen LogP contribution in [-0.2, 0) is 0 Å². The highest BCUT2D eigenvalue weighted by Crippen LogP contribution is 2.42. The van der Waals surface area contributed by atoms with Crippen LogP contribution in [0.3, 0.4) is 0 Å². The zero-order valence-corrected chi connectivity index (χ0v) is 15.0. The minimum Gasteiger partial charge on any atom is -0.491 e. The van der Waals surface area contributed by atoms with Gasteiger partial charge in [0.25, 0.3) is 0 Å². The molecule has 2 N–H and O–H groups in total. The Morgan fingerprint density at radius 3 is 2.88 bits per heavy atom. The van der Waals surface area contributed by atoms with Crippen molar-refractivity contribution in [1.82, 2.24) is 5.32 Å². The molecule has 0 aliphatic carbocycles. The van der Waals surface area contributed by atoms with E-state index in [1.165, 1.54) is 0 Å². The number of carbonyl (C=O) groups is 2. The van der Waals surface area contributed by atoms with Crippen LogP contribution < -0.4 is 14.8 Å². The molecule has 1 heterocycles. The minimum absolute atomic E-state index is 0.0767. The lowest BCUT2D eigenvalue weighted by atomic mass is 9.96. The molecule has 0 spiro atoms. The number of halogens is 2. The van der Waals surface area contributed by atoms with Crippen LogP contribution >= 0.6 is 23.2 Å². The summed E-state index contributed by atoms with van der Waals surface area (Å²) in [6, 6.07) is 10.0. The zero-order chi connectivity index (χ0) is 18.7. The highest BCUT2D eigenvalue weighted by molar-refractivity contribution is 6.32. The number of ketones is 1.